The molecule has 1 unspecified atom stereocenters. The summed E-state index contributed by atoms with van der Waals surface area (Å²) in [6.45, 7) is 3.43. The fourth-order valence-corrected chi connectivity index (χ4v) is 5.88. The topological polar surface area (TPSA) is 75.4 Å². The lowest BCUT2D eigenvalue weighted by Crippen LogP contribution is -2.53. The van der Waals surface area contributed by atoms with Gasteiger partial charge in [-0.05, 0) is 79.1 Å². The molecule has 4 aromatic rings. The van der Waals surface area contributed by atoms with Crippen molar-refractivity contribution in [3.63, 3.8) is 0 Å². The Balaban J connectivity index is 1.39. The van der Waals surface area contributed by atoms with Crippen molar-refractivity contribution in [1.29, 1.82) is 0 Å². The molecule has 1 N–H and O–H groups in total. The molecule has 2 atom stereocenters. The van der Waals surface area contributed by atoms with Crippen LogP contribution in [0.4, 0.5) is 13.2 Å². The van der Waals surface area contributed by atoms with Crippen molar-refractivity contribution in [2.24, 2.45) is 0 Å². The molecule has 10 heteroatoms. The summed E-state index contributed by atoms with van der Waals surface area (Å²) in [6.07, 6.45) is 1.43. The smallest absolute Gasteiger partial charge is 0.274 e. The molecule has 2 aromatic carbocycles. The van der Waals surface area contributed by atoms with Gasteiger partial charge in [0.2, 0.25) is 0 Å². The molecule has 2 fully saturated rings. The second-order valence-electron chi connectivity index (χ2n) is 10.7. The van der Waals surface area contributed by atoms with Crippen LogP contribution >= 0.6 is 11.6 Å². The number of likely N-dealkylation sites (tertiary alicyclic amines) is 1. The van der Waals surface area contributed by atoms with Crippen LogP contribution in [-0.4, -0.2) is 44.7 Å². The number of β-amino-alcohol motifs (C(OH)–C–C–N with tert-alkyl or cyclic N) is 1. The zero-order chi connectivity index (χ0) is 29.2. The van der Waals surface area contributed by atoms with Gasteiger partial charge in [-0.3, -0.25) is 19.1 Å². The molecule has 3 heterocycles. The molecule has 6 nitrogen and oxygen atoms in total. The molecule has 0 bridgehead atoms. The number of rotatable bonds is 5. The number of aliphatic hydroxyl groups is 1. The van der Waals surface area contributed by atoms with E-state index < -0.39 is 29.2 Å². The van der Waals surface area contributed by atoms with Crippen molar-refractivity contribution >= 4 is 17.5 Å². The minimum atomic E-state index is -0.946. The summed E-state index contributed by atoms with van der Waals surface area (Å²) in [6, 6.07) is 12.0. The van der Waals surface area contributed by atoms with Crippen LogP contribution in [-0.2, 0) is 0 Å². The number of carbonyl (C=O) groups excluding carboxylic acids is 1. The first kappa shape index (κ1) is 27.2. The number of carbonyl (C=O) groups is 1. The number of aryl methyl sites for hydroxylation is 2. The molecular weight excluding hydrogens is 555 g/mol. The van der Waals surface area contributed by atoms with Gasteiger partial charge in [0.25, 0.3) is 11.5 Å². The van der Waals surface area contributed by atoms with E-state index in [-0.39, 0.29) is 58.3 Å². The Bertz CT molecular complexity index is 1770. The highest BCUT2D eigenvalue weighted by Gasteiger charge is 2.41. The Hall–Kier alpha value is -3.95. The highest BCUT2D eigenvalue weighted by Crippen LogP contribution is 2.55. The third kappa shape index (κ3) is 4.63. The van der Waals surface area contributed by atoms with Crippen LogP contribution in [0.25, 0.3) is 16.9 Å². The molecule has 210 valence electrons. The van der Waals surface area contributed by atoms with Crippen LogP contribution in [0.3, 0.4) is 0 Å². The molecule has 41 heavy (non-hydrogen) atoms. The monoisotopic (exact) mass is 579 g/mol. The molecule has 2 aromatic heterocycles. The number of halogens is 4. The van der Waals surface area contributed by atoms with Crippen LogP contribution in [0.2, 0.25) is 5.02 Å². The Kier molecular flexibility index (Phi) is 6.74. The van der Waals surface area contributed by atoms with Crippen molar-refractivity contribution in [1.82, 2.24) is 14.5 Å². The van der Waals surface area contributed by atoms with Gasteiger partial charge in [-0.1, -0.05) is 29.8 Å². The van der Waals surface area contributed by atoms with Gasteiger partial charge in [0.05, 0.1) is 17.4 Å². The predicted molar refractivity (Wildman–Crippen MR) is 148 cm³/mol. The summed E-state index contributed by atoms with van der Waals surface area (Å²) in [5.74, 6) is -2.77. The summed E-state index contributed by atoms with van der Waals surface area (Å²) >= 11 is 6.58. The third-order valence-electron chi connectivity index (χ3n) is 7.88. The summed E-state index contributed by atoms with van der Waals surface area (Å²) in [4.78, 5) is 31.7. The molecule has 1 saturated heterocycles. The number of aliphatic hydroxyl groups excluding tert-OH is 1. The zero-order valence-corrected chi connectivity index (χ0v) is 22.9. The summed E-state index contributed by atoms with van der Waals surface area (Å²) in [5, 5.41) is 9.47. The van der Waals surface area contributed by atoms with Crippen molar-refractivity contribution < 1.29 is 23.1 Å². The van der Waals surface area contributed by atoms with Gasteiger partial charge in [0.15, 0.2) is 5.82 Å². The van der Waals surface area contributed by atoms with Gasteiger partial charge in [0, 0.05) is 30.5 Å². The van der Waals surface area contributed by atoms with E-state index in [2.05, 4.69) is 4.98 Å². The summed E-state index contributed by atoms with van der Waals surface area (Å²) in [7, 11) is 0. The van der Waals surface area contributed by atoms with Gasteiger partial charge in [-0.25, -0.2) is 13.2 Å². The number of aromatic nitrogens is 2. The molecule has 1 aliphatic heterocycles. The SMILES string of the molecule is Cc1cnc(-c2cccc(C(=O)N3CC(O)C3)c2F)c(F)c1-n1c(C)cc([C@@H]2CC2c2ccc(F)cc2)c(Cl)c1=O. The van der Waals surface area contributed by atoms with E-state index >= 15 is 8.78 Å². The van der Waals surface area contributed by atoms with E-state index in [9.17, 15) is 19.1 Å². The number of amides is 1. The lowest BCUT2D eigenvalue weighted by atomic mass is 10.0. The lowest BCUT2D eigenvalue weighted by Gasteiger charge is -2.36. The number of pyridine rings is 2. The van der Waals surface area contributed by atoms with Crippen LogP contribution in [0.1, 0.15) is 51.0 Å². The predicted octanol–water partition coefficient (Wildman–Crippen LogP) is 5.67. The van der Waals surface area contributed by atoms with Crippen LogP contribution in [0.15, 0.2) is 59.5 Å². The first-order valence-electron chi connectivity index (χ1n) is 13.2. The van der Waals surface area contributed by atoms with Crippen molar-refractivity contribution in [3.8, 4) is 16.9 Å². The van der Waals surface area contributed by atoms with E-state index in [0.29, 0.717) is 16.8 Å². The van der Waals surface area contributed by atoms with Crippen LogP contribution < -0.4 is 5.56 Å². The Labute approximate surface area is 238 Å². The fraction of sp³-hybridized carbons (Fsp3) is 0.258. The van der Waals surface area contributed by atoms with Gasteiger partial charge in [0.1, 0.15) is 22.4 Å². The van der Waals surface area contributed by atoms with E-state index in [4.69, 9.17) is 11.6 Å². The molecule has 1 saturated carbocycles. The summed E-state index contributed by atoms with van der Waals surface area (Å²) < 4.78 is 46.3. The van der Waals surface area contributed by atoms with E-state index in [1.54, 1.807) is 32.0 Å². The highest BCUT2D eigenvalue weighted by atomic mass is 35.5. The standard InChI is InChI=1S/C31H25ClF3N3O3/c1-15-12-36-28(20-4-3-5-21(26(20)34)30(40)37-13-19(39)14-37)27(35)29(15)38-16(2)10-24(25(32)31(38)41)23-11-22(23)17-6-8-18(33)9-7-17/h3-10,12,19,22-23,39H,11,13-14H2,1-2H3/t22?,23-/m1/s1. The maximum atomic E-state index is 16.2. The maximum Gasteiger partial charge on any atom is 0.274 e. The normalized spacial score (nSPS) is 18.4. The zero-order valence-electron chi connectivity index (χ0n) is 22.2. The summed E-state index contributed by atoms with van der Waals surface area (Å²) in [5.41, 5.74) is 0.764. The van der Waals surface area contributed by atoms with Gasteiger partial charge >= 0.3 is 0 Å². The van der Waals surface area contributed by atoms with E-state index in [1.807, 2.05) is 0 Å². The molecule has 1 aliphatic carbocycles. The minimum absolute atomic E-state index is 0.0325. The minimum Gasteiger partial charge on any atom is -0.389 e. The molecule has 0 radical (unpaired) electrons. The Morgan fingerprint density at radius 2 is 1.73 bits per heavy atom. The molecule has 6 rings (SSSR count). The first-order valence-corrected chi connectivity index (χ1v) is 13.5. The van der Waals surface area contributed by atoms with Gasteiger partial charge < -0.3 is 10.0 Å². The van der Waals surface area contributed by atoms with E-state index in [1.165, 1.54) is 41.4 Å². The van der Waals surface area contributed by atoms with Gasteiger partial charge in [-0.2, -0.15) is 0 Å². The number of benzene rings is 2. The van der Waals surface area contributed by atoms with Crippen molar-refractivity contribution in [3.05, 3.63) is 116 Å². The number of hydrogen-bond donors (Lipinski definition) is 1. The van der Waals surface area contributed by atoms with Crippen molar-refractivity contribution in [2.75, 3.05) is 13.1 Å². The van der Waals surface area contributed by atoms with E-state index in [0.717, 1.165) is 16.6 Å². The lowest BCUT2D eigenvalue weighted by molar-refractivity contribution is 0.00559. The number of hydrogen-bond acceptors (Lipinski definition) is 4. The van der Waals surface area contributed by atoms with Crippen molar-refractivity contribution in [2.45, 2.75) is 38.2 Å². The quantitative estimate of drug-likeness (QED) is 0.330. The molecule has 2 aliphatic rings. The second kappa shape index (κ2) is 10.2. The van der Waals surface area contributed by atoms with Crippen LogP contribution in [0.5, 0.6) is 0 Å². The highest BCUT2D eigenvalue weighted by molar-refractivity contribution is 6.31. The largest absolute Gasteiger partial charge is 0.389 e. The molecular formula is C31H25ClF3N3O3. The van der Waals surface area contributed by atoms with Gasteiger partial charge in [-0.15, -0.1) is 0 Å². The first-order chi connectivity index (χ1) is 19.6. The number of nitrogens with zero attached hydrogens (tertiary/aromatic N) is 3. The Morgan fingerprint density at radius 3 is 2.41 bits per heavy atom. The molecule has 1 amide bonds. The average molecular weight is 580 g/mol. The third-order valence-corrected chi connectivity index (χ3v) is 8.26. The fourth-order valence-electron chi connectivity index (χ4n) is 5.60. The van der Waals surface area contributed by atoms with Crippen LogP contribution in [0, 0.1) is 31.3 Å². The maximum absolute atomic E-state index is 16.2. The average Bonchev–Trinajstić information content (AvgIpc) is 3.72. The Morgan fingerprint density at radius 1 is 1.02 bits per heavy atom. The second-order valence-corrected chi connectivity index (χ2v) is 11.1. The molecule has 0 spiro atoms.